The summed E-state index contributed by atoms with van der Waals surface area (Å²) in [7, 11) is 1.48. The SMILES string of the molecule is COc1cc(C(=O)N2CCC(N3CCOCC3)CC2)cnc1Nc1cc(C2CC2)c2c(C(F)(F)F)c[nH]c2n1. The maximum absolute atomic E-state index is 13.6. The van der Waals surface area contributed by atoms with E-state index < -0.39 is 11.7 Å². The summed E-state index contributed by atoms with van der Waals surface area (Å²) in [5.41, 5.74) is 0.497. The first-order chi connectivity index (χ1) is 18.8. The van der Waals surface area contributed by atoms with Gasteiger partial charge in [0.25, 0.3) is 5.91 Å². The number of aromatic nitrogens is 3. The number of ether oxygens (including phenoxy) is 2. The van der Waals surface area contributed by atoms with Crippen molar-refractivity contribution in [2.24, 2.45) is 0 Å². The highest BCUT2D eigenvalue weighted by Gasteiger charge is 2.37. The van der Waals surface area contributed by atoms with Crippen molar-refractivity contribution in [1.29, 1.82) is 0 Å². The zero-order valence-corrected chi connectivity index (χ0v) is 21.7. The molecule has 2 N–H and O–H groups in total. The minimum Gasteiger partial charge on any atom is -0.493 e. The quantitative estimate of drug-likeness (QED) is 0.470. The van der Waals surface area contributed by atoms with E-state index in [2.05, 4.69) is 25.2 Å². The number of likely N-dealkylation sites (tertiary alicyclic amines) is 1. The van der Waals surface area contributed by atoms with Gasteiger partial charge in [0, 0.05) is 50.0 Å². The van der Waals surface area contributed by atoms with Crippen molar-refractivity contribution in [1.82, 2.24) is 24.8 Å². The molecule has 12 heteroatoms. The molecule has 0 bridgehead atoms. The van der Waals surface area contributed by atoms with Gasteiger partial charge in [0.15, 0.2) is 11.6 Å². The molecule has 2 aliphatic heterocycles. The van der Waals surface area contributed by atoms with Crippen molar-refractivity contribution < 1.29 is 27.4 Å². The lowest BCUT2D eigenvalue weighted by Gasteiger charge is -2.40. The summed E-state index contributed by atoms with van der Waals surface area (Å²) >= 11 is 0. The third-order valence-electron chi connectivity index (χ3n) is 7.87. The zero-order valence-electron chi connectivity index (χ0n) is 21.7. The summed E-state index contributed by atoms with van der Waals surface area (Å²) in [6, 6.07) is 3.76. The Morgan fingerprint density at radius 2 is 1.87 bits per heavy atom. The Balaban J connectivity index is 1.19. The number of alkyl halides is 3. The molecule has 0 radical (unpaired) electrons. The molecule has 3 aromatic rings. The van der Waals surface area contributed by atoms with E-state index in [1.54, 1.807) is 12.1 Å². The lowest BCUT2D eigenvalue weighted by atomic mass is 10.0. The summed E-state index contributed by atoms with van der Waals surface area (Å²) < 4.78 is 51.7. The summed E-state index contributed by atoms with van der Waals surface area (Å²) in [4.78, 5) is 29.0. The first kappa shape index (κ1) is 25.9. The minimum atomic E-state index is -4.47. The predicted octanol–water partition coefficient (Wildman–Crippen LogP) is 4.54. The first-order valence-corrected chi connectivity index (χ1v) is 13.3. The number of fused-ring (bicyclic) bond motifs is 1. The maximum Gasteiger partial charge on any atom is 0.418 e. The molecule has 0 unspecified atom stereocenters. The highest BCUT2D eigenvalue weighted by molar-refractivity contribution is 5.95. The van der Waals surface area contributed by atoms with E-state index in [-0.39, 0.29) is 22.9 Å². The minimum absolute atomic E-state index is 0.0650. The summed E-state index contributed by atoms with van der Waals surface area (Å²) in [5.74, 6) is 0.997. The van der Waals surface area contributed by atoms with Crippen LogP contribution < -0.4 is 10.1 Å². The number of carbonyl (C=O) groups is 1. The van der Waals surface area contributed by atoms with Gasteiger partial charge in [0.2, 0.25) is 0 Å². The standard InChI is InChI=1S/C27H31F3N6O3/c1-38-21-12-17(26(37)36-6-4-18(5-7-36)35-8-10-39-11-9-35)14-31-24(21)33-22-13-19(16-2-3-16)23-20(27(28,29)30)15-32-25(23)34-22/h12-16,18H,2-11H2,1H3,(H2,31,32,33,34). The number of piperidine rings is 1. The van der Waals surface area contributed by atoms with Crippen LogP contribution in [0.4, 0.5) is 24.8 Å². The average Bonchev–Trinajstić information content (AvgIpc) is 3.70. The van der Waals surface area contributed by atoms with Crippen LogP contribution in [-0.2, 0) is 10.9 Å². The second-order valence-corrected chi connectivity index (χ2v) is 10.4. The van der Waals surface area contributed by atoms with Gasteiger partial charge in [-0.05, 0) is 49.3 Å². The maximum atomic E-state index is 13.6. The second kappa shape index (κ2) is 10.3. The molecule has 208 valence electrons. The number of morpholine rings is 1. The van der Waals surface area contributed by atoms with Crippen molar-refractivity contribution in [3.63, 3.8) is 0 Å². The molecule has 6 rings (SSSR count). The Morgan fingerprint density at radius 3 is 2.54 bits per heavy atom. The molecule has 3 aliphatic rings. The Morgan fingerprint density at radius 1 is 1.13 bits per heavy atom. The number of methoxy groups -OCH3 is 1. The van der Waals surface area contributed by atoms with Crippen LogP contribution in [0.25, 0.3) is 11.0 Å². The van der Waals surface area contributed by atoms with Gasteiger partial charge < -0.3 is 24.7 Å². The number of rotatable bonds is 6. The molecule has 3 fully saturated rings. The Labute approximate surface area is 223 Å². The molecule has 2 saturated heterocycles. The normalized spacial score (nSPS) is 19.4. The number of carbonyl (C=O) groups excluding carboxylic acids is 1. The van der Waals surface area contributed by atoms with Crippen LogP contribution in [0.5, 0.6) is 5.75 Å². The van der Waals surface area contributed by atoms with Gasteiger partial charge in [0.05, 0.1) is 31.5 Å². The van der Waals surface area contributed by atoms with Crippen LogP contribution >= 0.6 is 0 Å². The monoisotopic (exact) mass is 544 g/mol. The smallest absolute Gasteiger partial charge is 0.418 e. The van der Waals surface area contributed by atoms with Crippen molar-refractivity contribution in [3.05, 3.63) is 41.2 Å². The Kier molecular flexibility index (Phi) is 6.84. The highest BCUT2D eigenvalue weighted by atomic mass is 19.4. The van der Waals surface area contributed by atoms with Gasteiger partial charge >= 0.3 is 6.18 Å². The first-order valence-electron chi connectivity index (χ1n) is 13.3. The fourth-order valence-electron chi connectivity index (χ4n) is 5.66. The van der Waals surface area contributed by atoms with Gasteiger partial charge in [-0.2, -0.15) is 13.2 Å². The van der Waals surface area contributed by atoms with E-state index in [4.69, 9.17) is 9.47 Å². The topological polar surface area (TPSA) is 95.6 Å². The van der Waals surface area contributed by atoms with E-state index in [1.807, 2.05) is 4.90 Å². The molecular formula is C27H31F3N6O3. The number of hydrogen-bond donors (Lipinski definition) is 2. The van der Waals surface area contributed by atoms with Crippen LogP contribution in [0.2, 0.25) is 0 Å². The van der Waals surface area contributed by atoms with Crippen LogP contribution in [0.15, 0.2) is 24.5 Å². The fourth-order valence-corrected chi connectivity index (χ4v) is 5.66. The number of nitrogens with one attached hydrogen (secondary N) is 2. The molecule has 0 atom stereocenters. The van der Waals surface area contributed by atoms with Crippen LogP contribution in [-0.4, -0.2) is 83.2 Å². The Hall–Kier alpha value is -3.38. The summed E-state index contributed by atoms with van der Waals surface area (Å²) in [6.07, 6.45) is 1.51. The van der Waals surface area contributed by atoms with Gasteiger partial charge in [-0.3, -0.25) is 9.69 Å². The number of H-pyrrole nitrogens is 1. The summed E-state index contributed by atoms with van der Waals surface area (Å²) in [6.45, 7) is 4.74. The molecule has 39 heavy (non-hydrogen) atoms. The number of hydrogen-bond acceptors (Lipinski definition) is 7. The molecule has 9 nitrogen and oxygen atoms in total. The Bertz CT molecular complexity index is 1360. The van der Waals surface area contributed by atoms with E-state index >= 15 is 0 Å². The van der Waals surface area contributed by atoms with Crippen LogP contribution in [0, 0.1) is 0 Å². The average molecular weight is 545 g/mol. The van der Waals surface area contributed by atoms with Crippen LogP contribution in [0.3, 0.4) is 0 Å². The molecule has 0 spiro atoms. The van der Waals surface area contributed by atoms with Gasteiger partial charge in [-0.15, -0.1) is 0 Å². The van der Waals surface area contributed by atoms with Gasteiger partial charge in [0.1, 0.15) is 11.5 Å². The van der Waals surface area contributed by atoms with Crippen LogP contribution in [0.1, 0.15) is 53.1 Å². The predicted molar refractivity (Wildman–Crippen MR) is 138 cm³/mol. The molecule has 0 aromatic carbocycles. The molecule has 3 aromatic heterocycles. The molecule has 1 amide bonds. The largest absolute Gasteiger partial charge is 0.493 e. The lowest BCUT2D eigenvalue weighted by molar-refractivity contribution is -0.136. The van der Waals surface area contributed by atoms with Crippen molar-refractivity contribution in [2.45, 2.75) is 43.8 Å². The number of aromatic amines is 1. The summed E-state index contributed by atoms with van der Waals surface area (Å²) in [5, 5.41) is 3.20. The number of pyridine rings is 2. The molecule has 1 aliphatic carbocycles. The van der Waals surface area contributed by atoms with E-state index in [0.29, 0.717) is 47.6 Å². The number of halogens is 3. The highest BCUT2D eigenvalue weighted by Crippen LogP contribution is 2.47. The van der Waals surface area contributed by atoms with Gasteiger partial charge in [-0.25, -0.2) is 9.97 Å². The van der Waals surface area contributed by atoms with Crippen molar-refractivity contribution in [3.8, 4) is 5.75 Å². The lowest BCUT2D eigenvalue weighted by Crippen LogP contribution is -2.50. The zero-order chi connectivity index (χ0) is 27.1. The van der Waals surface area contributed by atoms with Crippen molar-refractivity contribution >= 4 is 28.6 Å². The number of anilines is 2. The number of nitrogens with zero attached hydrogens (tertiary/aromatic N) is 4. The van der Waals surface area contributed by atoms with Gasteiger partial charge in [-0.1, -0.05) is 0 Å². The molecule has 1 saturated carbocycles. The molecule has 5 heterocycles. The third-order valence-corrected chi connectivity index (χ3v) is 7.87. The third kappa shape index (κ3) is 5.27. The van der Waals surface area contributed by atoms with E-state index in [9.17, 15) is 18.0 Å². The number of amides is 1. The van der Waals surface area contributed by atoms with E-state index in [0.717, 1.165) is 58.2 Å². The fraction of sp³-hybridized carbons (Fsp3) is 0.519. The van der Waals surface area contributed by atoms with E-state index in [1.165, 1.54) is 13.3 Å². The van der Waals surface area contributed by atoms with Crippen molar-refractivity contribution in [2.75, 3.05) is 51.8 Å². The molecular weight excluding hydrogens is 513 g/mol. The second-order valence-electron chi connectivity index (χ2n) is 10.4.